The summed E-state index contributed by atoms with van der Waals surface area (Å²) >= 11 is 0. The maximum Gasteiger partial charge on any atom is 0.373 e. The maximum absolute atomic E-state index is 12.6. The van der Waals surface area contributed by atoms with Crippen molar-refractivity contribution < 1.29 is 18.7 Å². The fourth-order valence-electron chi connectivity index (χ4n) is 1.76. The Balaban J connectivity index is 2.13. The minimum absolute atomic E-state index is 0.669. The summed E-state index contributed by atoms with van der Waals surface area (Å²) in [6.07, 6.45) is 5.25. The molecular weight excluding hydrogens is 175 g/mol. The van der Waals surface area contributed by atoms with Crippen LogP contribution in [-0.4, -0.2) is 11.8 Å². The zero-order valence-electron chi connectivity index (χ0n) is 7.22. The van der Waals surface area contributed by atoms with Crippen LogP contribution in [-0.2, 0) is 14.3 Å². The summed E-state index contributed by atoms with van der Waals surface area (Å²) in [6, 6.07) is 0. The van der Waals surface area contributed by atoms with Crippen molar-refractivity contribution in [1.82, 2.24) is 0 Å². The minimum Gasteiger partial charge on any atom is -0.456 e. The van der Waals surface area contributed by atoms with Crippen molar-refractivity contribution in [2.45, 2.75) is 37.9 Å². The van der Waals surface area contributed by atoms with Crippen molar-refractivity contribution in [1.29, 1.82) is 0 Å². The Hall–Kier alpha value is -1.06. The molecule has 1 aliphatic heterocycles. The van der Waals surface area contributed by atoms with Gasteiger partial charge in [0, 0.05) is 12.8 Å². The largest absolute Gasteiger partial charge is 0.456 e. The molecule has 0 unspecified atom stereocenters. The average molecular weight is 186 g/mol. The van der Waals surface area contributed by atoms with E-state index in [0.29, 0.717) is 12.8 Å². The molecule has 0 bridgehead atoms. The van der Waals surface area contributed by atoms with Gasteiger partial charge in [-0.25, -0.2) is 4.79 Å². The topological polar surface area (TPSA) is 35.5 Å². The Bertz CT molecular complexity index is 254. The van der Waals surface area contributed by atoms with Crippen LogP contribution in [0.5, 0.6) is 0 Å². The highest BCUT2D eigenvalue weighted by Gasteiger charge is 2.41. The smallest absolute Gasteiger partial charge is 0.373 e. The molecule has 13 heavy (non-hydrogen) atoms. The van der Waals surface area contributed by atoms with E-state index < -0.39 is 17.6 Å². The summed E-state index contributed by atoms with van der Waals surface area (Å²) in [4.78, 5) is 10.9. The number of esters is 1. The fraction of sp³-hybridized carbons (Fsp3) is 0.667. The van der Waals surface area contributed by atoms with E-state index in [4.69, 9.17) is 9.47 Å². The number of carbonyl (C=O) groups is 1. The minimum atomic E-state index is -0.948. The lowest BCUT2D eigenvalue weighted by molar-refractivity contribution is -0.230. The van der Waals surface area contributed by atoms with E-state index in [9.17, 15) is 9.18 Å². The van der Waals surface area contributed by atoms with Crippen molar-refractivity contribution in [3.63, 3.8) is 0 Å². The first kappa shape index (κ1) is 8.53. The van der Waals surface area contributed by atoms with E-state index in [-0.39, 0.29) is 0 Å². The van der Waals surface area contributed by atoms with Crippen LogP contribution in [0.1, 0.15) is 32.1 Å². The predicted molar refractivity (Wildman–Crippen MR) is 42.2 cm³/mol. The first-order chi connectivity index (χ1) is 6.22. The Morgan fingerprint density at radius 2 is 2.00 bits per heavy atom. The predicted octanol–water partition coefficient (Wildman–Crippen LogP) is 2.03. The number of rotatable bonds is 0. The molecule has 4 heteroatoms. The highest BCUT2D eigenvalue weighted by molar-refractivity contribution is 5.86. The molecule has 0 atom stereocenters. The van der Waals surface area contributed by atoms with Gasteiger partial charge in [-0.2, -0.15) is 4.39 Å². The molecule has 1 fully saturated rings. The van der Waals surface area contributed by atoms with E-state index in [2.05, 4.69) is 0 Å². The summed E-state index contributed by atoms with van der Waals surface area (Å²) in [5.74, 6) is -2.70. The quantitative estimate of drug-likeness (QED) is 0.543. The molecule has 0 radical (unpaired) electrons. The van der Waals surface area contributed by atoms with Crippen LogP contribution < -0.4 is 0 Å². The Labute approximate surface area is 75.5 Å². The third-order valence-corrected chi connectivity index (χ3v) is 2.47. The van der Waals surface area contributed by atoms with Gasteiger partial charge < -0.3 is 9.47 Å². The average Bonchev–Trinajstić information content (AvgIpc) is 2.14. The molecule has 0 aromatic rings. The molecule has 2 rings (SSSR count). The number of ether oxygens (including phenoxy) is 2. The first-order valence-corrected chi connectivity index (χ1v) is 4.49. The van der Waals surface area contributed by atoms with Crippen molar-refractivity contribution in [2.24, 2.45) is 0 Å². The second kappa shape index (κ2) is 3.01. The third-order valence-electron chi connectivity index (χ3n) is 2.47. The van der Waals surface area contributed by atoms with Crippen LogP contribution in [0.25, 0.3) is 0 Å². The summed E-state index contributed by atoms with van der Waals surface area (Å²) in [5, 5.41) is 0. The van der Waals surface area contributed by atoms with Gasteiger partial charge in [0.25, 0.3) is 5.79 Å². The van der Waals surface area contributed by atoms with Crippen LogP contribution in [0.3, 0.4) is 0 Å². The zero-order chi connectivity index (χ0) is 9.31. The lowest BCUT2D eigenvalue weighted by atomic mass is 9.94. The molecule has 0 saturated heterocycles. The molecule has 2 aliphatic rings. The molecule has 1 heterocycles. The normalized spacial score (nSPS) is 26.2. The van der Waals surface area contributed by atoms with Crippen molar-refractivity contribution in [3.8, 4) is 0 Å². The number of halogens is 1. The molecule has 1 aliphatic carbocycles. The highest BCUT2D eigenvalue weighted by Crippen LogP contribution is 2.36. The van der Waals surface area contributed by atoms with Gasteiger partial charge in [-0.1, -0.05) is 6.42 Å². The van der Waals surface area contributed by atoms with Crippen LogP contribution in [0.2, 0.25) is 0 Å². The van der Waals surface area contributed by atoms with Crippen LogP contribution in [0, 0.1) is 0 Å². The molecule has 0 aromatic carbocycles. The van der Waals surface area contributed by atoms with Gasteiger partial charge >= 0.3 is 5.97 Å². The molecule has 0 amide bonds. The van der Waals surface area contributed by atoms with Gasteiger partial charge in [0.1, 0.15) is 6.26 Å². The summed E-state index contributed by atoms with van der Waals surface area (Å²) in [7, 11) is 0. The second-order valence-electron chi connectivity index (χ2n) is 3.44. The van der Waals surface area contributed by atoms with Gasteiger partial charge in [0.2, 0.25) is 5.83 Å². The van der Waals surface area contributed by atoms with Gasteiger partial charge in [-0.15, -0.1) is 0 Å². The Kier molecular flexibility index (Phi) is 1.98. The molecule has 0 N–H and O–H groups in total. The molecular formula is C9H11FO3. The van der Waals surface area contributed by atoms with E-state index in [1.54, 1.807) is 0 Å². The van der Waals surface area contributed by atoms with Crippen LogP contribution >= 0.6 is 0 Å². The second-order valence-corrected chi connectivity index (χ2v) is 3.44. The van der Waals surface area contributed by atoms with Crippen LogP contribution in [0.15, 0.2) is 12.1 Å². The zero-order valence-corrected chi connectivity index (χ0v) is 7.22. The lowest BCUT2D eigenvalue weighted by Crippen LogP contribution is -2.41. The van der Waals surface area contributed by atoms with E-state index >= 15 is 0 Å². The van der Waals surface area contributed by atoms with Crippen molar-refractivity contribution in [3.05, 3.63) is 12.1 Å². The van der Waals surface area contributed by atoms with Crippen molar-refractivity contribution in [2.75, 3.05) is 0 Å². The standard InChI is InChI=1S/C9H11FO3/c10-7-6-12-9(13-8(7)11)4-2-1-3-5-9/h6H,1-5H2. The van der Waals surface area contributed by atoms with Gasteiger partial charge in [0.15, 0.2) is 0 Å². The van der Waals surface area contributed by atoms with Crippen molar-refractivity contribution >= 4 is 5.97 Å². The fourth-order valence-corrected chi connectivity index (χ4v) is 1.76. The molecule has 3 nitrogen and oxygen atoms in total. The first-order valence-electron chi connectivity index (χ1n) is 4.49. The van der Waals surface area contributed by atoms with E-state index in [1.165, 1.54) is 0 Å². The van der Waals surface area contributed by atoms with Gasteiger partial charge in [0.05, 0.1) is 0 Å². The Morgan fingerprint density at radius 3 is 2.62 bits per heavy atom. The molecule has 1 spiro atoms. The number of carbonyl (C=O) groups excluding carboxylic acids is 1. The van der Waals surface area contributed by atoms with Gasteiger partial charge in [-0.3, -0.25) is 0 Å². The van der Waals surface area contributed by atoms with Gasteiger partial charge in [-0.05, 0) is 12.8 Å². The lowest BCUT2D eigenvalue weighted by Gasteiger charge is -2.37. The SMILES string of the molecule is O=C1OC2(CCCCC2)OC=C1F. The third kappa shape index (κ3) is 1.53. The van der Waals surface area contributed by atoms with E-state index in [0.717, 1.165) is 25.5 Å². The number of hydrogen-bond acceptors (Lipinski definition) is 3. The summed E-state index contributed by atoms with van der Waals surface area (Å²) < 4.78 is 22.6. The highest BCUT2D eigenvalue weighted by atomic mass is 19.1. The number of hydrogen-bond donors (Lipinski definition) is 0. The van der Waals surface area contributed by atoms with E-state index in [1.807, 2.05) is 0 Å². The maximum atomic E-state index is 12.6. The summed E-state index contributed by atoms with van der Waals surface area (Å²) in [5.41, 5.74) is 0. The molecule has 72 valence electrons. The Morgan fingerprint density at radius 1 is 1.31 bits per heavy atom. The van der Waals surface area contributed by atoms with Crippen LogP contribution in [0.4, 0.5) is 4.39 Å². The summed E-state index contributed by atoms with van der Waals surface area (Å²) in [6.45, 7) is 0. The monoisotopic (exact) mass is 186 g/mol. The molecule has 0 aromatic heterocycles. The molecule has 1 saturated carbocycles.